The van der Waals surface area contributed by atoms with Gasteiger partial charge in [-0.3, -0.25) is 4.79 Å². The van der Waals surface area contributed by atoms with Crippen LogP contribution in [0.15, 0.2) is 46.5 Å². The number of rotatable bonds is 4. The summed E-state index contributed by atoms with van der Waals surface area (Å²) in [5.74, 6) is -0.152. The van der Waals surface area contributed by atoms with Crippen LogP contribution in [0.3, 0.4) is 0 Å². The number of aryl methyl sites for hydroxylation is 2. The summed E-state index contributed by atoms with van der Waals surface area (Å²) in [6.45, 7) is 6.36. The summed E-state index contributed by atoms with van der Waals surface area (Å²) in [5, 5.41) is 2.96. The lowest BCUT2D eigenvalue weighted by Gasteiger charge is -2.29. The highest BCUT2D eigenvalue weighted by molar-refractivity contribution is 7.90. The molecule has 0 bridgehead atoms. The van der Waals surface area contributed by atoms with Crippen molar-refractivity contribution in [3.05, 3.63) is 58.8 Å². The zero-order chi connectivity index (χ0) is 18.9. The molecule has 138 valence electrons. The highest BCUT2D eigenvalue weighted by Crippen LogP contribution is 2.18. The molecule has 1 amide bonds. The van der Waals surface area contributed by atoms with E-state index in [0.29, 0.717) is 13.0 Å². The van der Waals surface area contributed by atoms with Crippen molar-refractivity contribution in [1.29, 1.82) is 0 Å². The average Bonchev–Trinajstić information content (AvgIpc) is 2.56. The molecule has 1 aromatic rings. The third-order valence-corrected chi connectivity index (χ3v) is 5.65. The van der Waals surface area contributed by atoms with Crippen molar-refractivity contribution in [3.63, 3.8) is 0 Å². The quantitative estimate of drug-likeness (QED) is 0.874. The molecule has 0 saturated heterocycles. The minimum absolute atomic E-state index is 0.0428. The Labute approximate surface area is 154 Å². The lowest BCUT2D eigenvalue weighted by Crippen LogP contribution is -2.44. The number of sulfonamides is 1. The Morgan fingerprint density at radius 3 is 2.85 bits per heavy atom. The molecule has 0 fully saturated rings. The smallest absolute Gasteiger partial charge is 0.256 e. The average molecular weight is 373 g/mol. The van der Waals surface area contributed by atoms with Gasteiger partial charge in [0.2, 0.25) is 0 Å². The molecule has 6 nitrogen and oxygen atoms in total. The summed E-state index contributed by atoms with van der Waals surface area (Å²) in [4.78, 5) is 14.4. The summed E-state index contributed by atoms with van der Waals surface area (Å²) in [6.07, 6.45) is 5.79. The van der Waals surface area contributed by atoms with Crippen LogP contribution in [0.1, 0.15) is 23.6 Å². The fourth-order valence-corrected chi connectivity index (χ4v) is 4.14. The SMILES string of the molecule is Cc1ccc(CC(C)NC(=O)C2=CC=CN3CCS(=O)(=O)N=C23)c(C)c1. The molecule has 0 spiro atoms. The molecule has 1 atom stereocenters. The zero-order valence-electron chi connectivity index (χ0n) is 15.2. The molecule has 2 heterocycles. The standard InChI is InChI=1S/C19H23N3O3S/c1-13-6-7-16(14(2)11-13)12-15(3)20-19(23)17-5-4-8-22-9-10-26(24,25)21-18(17)22/h4-8,11,15H,9-10,12H2,1-3H3,(H,20,23). The van der Waals surface area contributed by atoms with Crippen LogP contribution in [0.2, 0.25) is 0 Å². The number of allylic oxidation sites excluding steroid dienone is 2. The summed E-state index contributed by atoms with van der Waals surface area (Å²) >= 11 is 0. The molecule has 2 aliphatic heterocycles. The largest absolute Gasteiger partial charge is 0.349 e. The van der Waals surface area contributed by atoms with E-state index in [1.807, 2.05) is 6.92 Å². The summed E-state index contributed by atoms with van der Waals surface area (Å²) in [5.41, 5.74) is 3.86. The van der Waals surface area contributed by atoms with E-state index in [2.05, 4.69) is 41.8 Å². The Hall–Kier alpha value is -2.41. The monoisotopic (exact) mass is 373 g/mol. The molecule has 0 aliphatic carbocycles. The number of carbonyl (C=O) groups is 1. The molecule has 1 N–H and O–H groups in total. The topological polar surface area (TPSA) is 78.8 Å². The van der Waals surface area contributed by atoms with Gasteiger partial charge in [0.15, 0.2) is 5.84 Å². The van der Waals surface area contributed by atoms with Crippen LogP contribution in [-0.4, -0.2) is 43.4 Å². The number of benzene rings is 1. The number of carbonyl (C=O) groups excluding carboxylic acids is 1. The number of hydrogen-bond acceptors (Lipinski definition) is 4. The summed E-state index contributed by atoms with van der Waals surface area (Å²) in [6, 6.07) is 6.17. The minimum Gasteiger partial charge on any atom is -0.349 e. The second-order valence-corrected chi connectivity index (χ2v) is 8.58. The van der Waals surface area contributed by atoms with Gasteiger partial charge in [0.1, 0.15) is 0 Å². The van der Waals surface area contributed by atoms with Crippen molar-refractivity contribution in [2.24, 2.45) is 4.40 Å². The van der Waals surface area contributed by atoms with Gasteiger partial charge in [-0.05, 0) is 50.5 Å². The maximum absolute atomic E-state index is 12.7. The van der Waals surface area contributed by atoms with E-state index in [1.165, 1.54) is 16.7 Å². The highest BCUT2D eigenvalue weighted by Gasteiger charge is 2.30. The lowest BCUT2D eigenvalue weighted by atomic mass is 9.99. The number of amidine groups is 1. The predicted molar refractivity (Wildman–Crippen MR) is 102 cm³/mol. The highest BCUT2D eigenvalue weighted by atomic mass is 32.2. The maximum atomic E-state index is 12.7. The van der Waals surface area contributed by atoms with Crippen LogP contribution in [0.25, 0.3) is 0 Å². The molecule has 0 aromatic heterocycles. The van der Waals surface area contributed by atoms with Gasteiger partial charge in [0.25, 0.3) is 15.9 Å². The van der Waals surface area contributed by atoms with E-state index in [4.69, 9.17) is 0 Å². The summed E-state index contributed by atoms with van der Waals surface area (Å²) < 4.78 is 27.4. The molecule has 0 radical (unpaired) electrons. The number of amides is 1. The van der Waals surface area contributed by atoms with Crippen molar-refractivity contribution in [3.8, 4) is 0 Å². The molecular formula is C19H23N3O3S. The van der Waals surface area contributed by atoms with E-state index in [-0.39, 0.29) is 29.1 Å². The van der Waals surface area contributed by atoms with Gasteiger partial charge in [0, 0.05) is 18.8 Å². The van der Waals surface area contributed by atoms with Gasteiger partial charge in [0.05, 0.1) is 11.3 Å². The Balaban J connectivity index is 1.73. The normalized spacial score (nSPS) is 19.3. The van der Waals surface area contributed by atoms with Gasteiger partial charge in [-0.15, -0.1) is 4.40 Å². The number of nitrogens with zero attached hydrogens (tertiary/aromatic N) is 2. The van der Waals surface area contributed by atoms with Crippen LogP contribution in [0.5, 0.6) is 0 Å². The Morgan fingerprint density at radius 1 is 1.35 bits per heavy atom. The van der Waals surface area contributed by atoms with Crippen molar-refractivity contribution in [2.45, 2.75) is 33.2 Å². The second kappa shape index (κ2) is 7.07. The van der Waals surface area contributed by atoms with Gasteiger partial charge in [-0.25, -0.2) is 8.42 Å². The van der Waals surface area contributed by atoms with E-state index < -0.39 is 10.0 Å². The van der Waals surface area contributed by atoms with E-state index in [9.17, 15) is 13.2 Å². The van der Waals surface area contributed by atoms with Gasteiger partial charge in [-0.2, -0.15) is 0 Å². The lowest BCUT2D eigenvalue weighted by molar-refractivity contribution is -0.117. The van der Waals surface area contributed by atoms with E-state index in [1.54, 1.807) is 23.3 Å². The van der Waals surface area contributed by atoms with Gasteiger partial charge < -0.3 is 10.2 Å². The van der Waals surface area contributed by atoms with Crippen molar-refractivity contribution in [1.82, 2.24) is 10.2 Å². The van der Waals surface area contributed by atoms with Gasteiger partial charge >= 0.3 is 0 Å². The maximum Gasteiger partial charge on any atom is 0.256 e. The van der Waals surface area contributed by atoms with Crippen LogP contribution in [0, 0.1) is 13.8 Å². The zero-order valence-corrected chi connectivity index (χ0v) is 16.0. The number of hydrogen-bond donors (Lipinski definition) is 1. The van der Waals surface area contributed by atoms with Crippen molar-refractivity contribution < 1.29 is 13.2 Å². The molecule has 0 saturated carbocycles. The van der Waals surface area contributed by atoms with Crippen molar-refractivity contribution in [2.75, 3.05) is 12.3 Å². The third kappa shape index (κ3) is 4.04. The first-order valence-corrected chi connectivity index (χ1v) is 10.2. The summed E-state index contributed by atoms with van der Waals surface area (Å²) in [7, 11) is -3.51. The first-order valence-electron chi connectivity index (χ1n) is 8.60. The fraction of sp³-hybridized carbons (Fsp3) is 0.368. The first kappa shape index (κ1) is 18.4. The van der Waals surface area contributed by atoms with E-state index >= 15 is 0 Å². The molecule has 2 aliphatic rings. The van der Waals surface area contributed by atoms with Crippen molar-refractivity contribution >= 4 is 21.8 Å². The molecule has 1 aromatic carbocycles. The predicted octanol–water partition coefficient (Wildman–Crippen LogP) is 1.85. The third-order valence-electron chi connectivity index (χ3n) is 4.50. The molecule has 1 unspecified atom stereocenters. The fourth-order valence-electron chi connectivity index (χ4n) is 3.15. The van der Waals surface area contributed by atoms with Gasteiger partial charge in [-0.1, -0.05) is 23.8 Å². The second-order valence-electron chi connectivity index (χ2n) is 6.82. The Morgan fingerprint density at radius 2 is 2.12 bits per heavy atom. The first-order chi connectivity index (χ1) is 12.2. The van der Waals surface area contributed by atoms with Crippen LogP contribution < -0.4 is 5.32 Å². The molecular weight excluding hydrogens is 350 g/mol. The number of nitrogens with one attached hydrogen (secondary N) is 1. The number of fused-ring (bicyclic) bond motifs is 1. The van der Waals surface area contributed by atoms with Crippen LogP contribution in [-0.2, 0) is 21.2 Å². The molecule has 26 heavy (non-hydrogen) atoms. The molecule has 7 heteroatoms. The van der Waals surface area contributed by atoms with E-state index in [0.717, 1.165) is 0 Å². The molecule has 3 rings (SSSR count). The Bertz CT molecular complexity index is 929. The minimum atomic E-state index is -3.51. The van der Waals surface area contributed by atoms with Crippen LogP contribution >= 0.6 is 0 Å². The van der Waals surface area contributed by atoms with Crippen LogP contribution in [0.4, 0.5) is 0 Å². The Kier molecular flexibility index (Phi) is 5.00.